The van der Waals surface area contributed by atoms with Gasteiger partial charge in [0, 0.05) is 0 Å². The number of fused-ring (bicyclic) bond motifs is 1. The number of methoxy groups -OCH3 is 1. The van der Waals surface area contributed by atoms with Gasteiger partial charge < -0.3 is 10.5 Å². The molecule has 0 bridgehead atoms. The predicted octanol–water partition coefficient (Wildman–Crippen LogP) is 3.52. The average molecular weight is 336 g/mol. The second-order valence-corrected chi connectivity index (χ2v) is 5.09. The number of nitrogens with zero attached hydrogens (tertiary/aromatic N) is 2. The summed E-state index contributed by atoms with van der Waals surface area (Å²) in [4.78, 5) is 4.29. The van der Waals surface area contributed by atoms with Gasteiger partial charge in [0.15, 0.2) is 0 Å². The summed E-state index contributed by atoms with van der Waals surface area (Å²) in [5, 5.41) is 0. The molecule has 0 atom stereocenters. The number of anilines is 1. The van der Waals surface area contributed by atoms with Crippen molar-refractivity contribution in [2.24, 2.45) is 0 Å². The summed E-state index contributed by atoms with van der Waals surface area (Å²) < 4.78 is 21.1. The van der Waals surface area contributed by atoms with E-state index in [0.29, 0.717) is 21.4 Å². The third-order valence-corrected chi connectivity index (χ3v) is 3.70. The van der Waals surface area contributed by atoms with Crippen LogP contribution in [-0.4, -0.2) is 16.7 Å². The van der Waals surface area contributed by atoms with E-state index in [1.165, 1.54) is 6.07 Å². The van der Waals surface area contributed by atoms with Crippen molar-refractivity contribution in [1.29, 1.82) is 0 Å². The Morgan fingerprint density at radius 2 is 2.10 bits per heavy atom. The smallest absolute Gasteiger partial charge is 0.206 e. The molecule has 2 N–H and O–H groups in total. The Bertz CT molecular complexity index is 800. The van der Waals surface area contributed by atoms with Crippen molar-refractivity contribution in [3.8, 4) is 11.4 Å². The molecular weight excluding hydrogens is 325 g/mol. The zero-order valence-corrected chi connectivity index (χ0v) is 12.2. The Labute approximate surface area is 123 Å². The number of hydrogen-bond donors (Lipinski definition) is 1. The molecule has 0 radical (unpaired) electrons. The van der Waals surface area contributed by atoms with Crippen molar-refractivity contribution in [3.05, 3.63) is 46.7 Å². The van der Waals surface area contributed by atoms with E-state index in [1.54, 1.807) is 29.9 Å². The van der Waals surface area contributed by atoms with Gasteiger partial charge in [-0.25, -0.2) is 9.37 Å². The van der Waals surface area contributed by atoms with Crippen LogP contribution in [0.4, 0.5) is 10.3 Å². The molecule has 6 heteroatoms. The number of ether oxygens (including phenoxy) is 1. The van der Waals surface area contributed by atoms with Gasteiger partial charge in [0.05, 0.1) is 22.8 Å². The van der Waals surface area contributed by atoms with Crippen molar-refractivity contribution in [2.45, 2.75) is 0 Å². The average Bonchev–Trinajstić information content (AvgIpc) is 2.78. The van der Waals surface area contributed by atoms with Gasteiger partial charge >= 0.3 is 0 Å². The number of rotatable bonds is 2. The molecule has 0 fully saturated rings. The van der Waals surface area contributed by atoms with Crippen molar-refractivity contribution < 1.29 is 9.13 Å². The monoisotopic (exact) mass is 335 g/mol. The van der Waals surface area contributed by atoms with Crippen LogP contribution in [0.1, 0.15) is 0 Å². The topological polar surface area (TPSA) is 53.1 Å². The maximum absolute atomic E-state index is 13.7. The summed E-state index contributed by atoms with van der Waals surface area (Å²) in [7, 11) is 1.57. The molecule has 1 aromatic heterocycles. The largest absolute Gasteiger partial charge is 0.494 e. The lowest BCUT2D eigenvalue weighted by Gasteiger charge is -2.07. The third kappa shape index (κ3) is 1.92. The fourth-order valence-electron chi connectivity index (χ4n) is 2.15. The molecule has 3 aromatic rings. The van der Waals surface area contributed by atoms with E-state index in [0.717, 1.165) is 5.52 Å². The molecule has 0 aliphatic carbocycles. The van der Waals surface area contributed by atoms with Crippen molar-refractivity contribution in [3.63, 3.8) is 0 Å². The normalized spacial score (nSPS) is 10.9. The molecule has 0 spiro atoms. The number of imidazole rings is 1. The lowest BCUT2D eigenvalue weighted by Crippen LogP contribution is -2.01. The van der Waals surface area contributed by atoms with Crippen LogP contribution in [0.3, 0.4) is 0 Å². The predicted molar refractivity (Wildman–Crippen MR) is 79.7 cm³/mol. The van der Waals surface area contributed by atoms with E-state index in [9.17, 15) is 4.39 Å². The van der Waals surface area contributed by atoms with Gasteiger partial charge in [-0.05, 0) is 46.3 Å². The number of nitrogen functional groups attached to an aromatic ring is 1. The minimum Gasteiger partial charge on any atom is -0.494 e. The molecule has 20 heavy (non-hydrogen) atoms. The summed E-state index contributed by atoms with van der Waals surface area (Å²) in [6.07, 6.45) is 0. The van der Waals surface area contributed by atoms with Gasteiger partial charge in [0.2, 0.25) is 5.95 Å². The van der Waals surface area contributed by atoms with Gasteiger partial charge in [-0.2, -0.15) is 0 Å². The van der Waals surface area contributed by atoms with E-state index < -0.39 is 0 Å². The first-order valence-corrected chi connectivity index (χ1v) is 6.67. The highest BCUT2D eigenvalue weighted by Crippen LogP contribution is 2.30. The number of nitrogens with two attached hydrogens (primary N) is 1. The van der Waals surface area contributed by atoms with Gasteiger partial charge in [0.25, 0.3) is 0 Å². The quantitative estimate of drug-likeness (QED) is 0.779. The van der Waals surface area contributed by atoms with Crippen LogP contribution in [0.2, 0.25) is 0 Å². The fourth-order valence-corrected chi connectivity index (χ4v) is 2.40. The van der Waals surface area contributed by atoms with Crippen molar-refractivity contribution in [1.82, 2.24) is 9.55 Å². The molecule has 0 saturated carbocycles. The number of hydrogen-bond acceptors (Lipinski definition) is 3. The molecule has 0 unspecified atom stereocenters. The first kappa shape index (κ1) is 12.9. The SMILES string of the molecule is COc1cccc2c1nc(N)n2-c1ccc(Br)c(F)c1. The highest BCUT2D eigenvalue weighted by molar-refractivity contribution is 9.10. The second-order valence-electron chi connectivity index (χ2n) is 4.23. The van der Waals surface area contributed by atoms with Gasteiger partial charge in [0.1, 0.15) is 17.1 Å². The van der Waals surface area contributed by atoms with E-state index in [4.69, 9.17) is 10.5 Å². The number of para-hydroxylation sites is 1. The molecule has 0 saturated heterocycles. The lowest BCUT2D eigenvalue weighted by molar-refractivity contribution is 0.419. The molecule has 0 aliphatic rings. The zero-order valence-electron chi connectivity index (χ0n) is 10.6. The van der Waals surface area contributed by atoms with Crippen molar-refractivity contribution in [2.75, 3.05) is 12.8 Å². The minimum atomic E-state index is -0.355. The maximum atomic E-state index is 13.7. The summed E-state index contributed by atoms with van der Waals surface area (Å²) in [6.45, 7) is 0. The van der Waals surface area contributed by atoms with Gasteiger partial charge in [-0.3, -0.25) is 4.57 Å². The van der Waals surface area contributed by atoms with Gasteiger partial charge in [-0.15, -0.1) is 0 Å². The lowest BCUT2D eigenvalue weighted by atomic mass is 10.2. The Balaban J connectivity index is 2.30. The highest BCUT2D eigenvalue weighted by Gasteiger charge is 2.14. The minimum absolute atomic E-state index is 0.284. The maximum Gasteiger partial charge on any atom is 0.206 e. The van der Waals surface area contributed by atoms with Crippen LogP contribution in [0, 0.1) is 5.82 Å². The summed E-state index contributed by atoms with van der Waals surface area (Å²) in [5.41, 5.74) is 7.99. The van der Waals surface area contributed by atoms with E-state index in [1.807, 2.05) is 12.1 Å². The highest BCUT2D eigenvalue weighted by atomic mass is 79.9. The first-order valence-electron chi connectivity index (χ1n) is 5.88. The molecule has 0 aliphatic heterocycles. The molecule has 102 valence electrons. The van der Waals surface area contributed by atoms with Crippen LogP contribution in [-0.2, 0) is 0 Å². The van der Waals surface area contributed by atoms with Crippen LogP contribution in [0.15, 0.2) is 40.9 Å². The van der Waals surface area contributed by atoms with E-state index in [2.05, 4.69) is 20.9 Å². The molecule has 0 amide bonds. The second kappa shape index (κ2) is 4.79. The van der Waals surface area contributed by atoms with Crippen LogP contribution in [0.25, 0.3) is 16.7 Å². The Hall–Kier alpha value is -2.08. The van der Waals surface area contributed by atoms with Crippen LogP contribution >= 0.6 is 15.9 Å². The van der Waals surface area contributed by atoms with Crippen molar-refractivity contribution >= 4 is 32.9 Å². The van der Waals surface area contributed by atoms with Crippen LogP contribution in [0.5, 0.6) is 5.75 Å². The molecule has 4 nitrogen and oxygen atoms in total. The van der Waals surface area contributed by atoms with E-state index >= 15 is 0 Å². The standard InChI is InChI=1S/C14H11BrFN3O/c1-20-12-4-2-3-11-13(12)18-14(17)19(11)8-5-6-9(15)10(16)7-8/h2-7H,1H3,(H2,17,18). The fraction of sp³-hybridized carbons (Fsp3) is 0.0714. The van der Waals surface area contributed by atoms with Gasteiger partial charge in [-0.1, -0.05) is 6.07 Å². The Morgan fingerprint density at radius 1 is 1.30 bits per heavy atom. The number of halogens is 2. The number of benzene rings is 2. The molecule has 3 rings (SSSR count). The first-order chi connectivity index (χ1) is 9.61. The summed E-state index contributed by atoms with van der Waals surface area (Å²) in [6, 6.07) is 10.3. The Morgan fingerprint density at radius 3 is 2.80 bits per heavy atom. The Kier molecular flexibility index (Phi) is 3.10. The molecular formula is C14H11BrFN3O. The zero-order chi connectivity index (χ0) is 14.3. The van der Waals surface area contributed by atoms with Crippen LogP contribution < -0.4 is 10.5 Å². The molecule has 1 heterocycles. The molecule has 2 aromatic carbocycles. The van der Waals surface area contributed by atoms with E-state index in [-0.39, 0.29) is 11.8 Å². The summed E-state index contributed by atoms with van der Waals surface area (Å²) in [5.74, 6) is 0.559. The third-order valence-electron chi connectivity index (χ3n) is 3.06. The number of aromatic nitrogens is 2. The summed E-state index contributed by atoms with van der Waals surface area (Å²) >= 11 is 3.13.